The van der Waals surface area contributed by atoms with Gasteiger partial charge in [-0.1, -0.05) is 19.3 Å². The van der Waals surface area contributed by atoms with E-state index in [1.807, 2.05) is 12.3 Å². The van der Waals surface area contributed by atoms with Gasteiger partial charge in [0.2, 0.25) is 5.91 Å². The van der Waals surface area contributed by atoms with Crippen molar-refractivity contribution in [2.24, 2.45) is 0 Å². The van der Waals surface area contributed by atoms with E-state index in [9.17, 15) is 18.4 Å². The number of H-pyrrole nitrogens is 1. The molecule has 0 bridgehead atoms. The minimum Gasteiger partial charge on any atom is -0.420 e. The van der Waals surface area contributed by atoms with Crippen LogP contribution in [0.2, 0.25) is 0 Å². The first kappa shape index (κ1) is 25.6. The van der Waals surface area contributed by atoms with Crippen LogP contribution in [0.5, 0.6) is 5.75 Å². The number of carbonyl (C=O) groups excluding carboxylic acids is 2. The molecule has 3 aliphatic rings. The molecular weight excluding hydrogens is 552 g/mol. The molecule has 11 heteroatoms. The van der Waals surface area contributed by atoms with Crippen LogP contribution in [0.1, 0.15) is 59.3 Å². The van der Waals surface area contributed by atoms with Crippen molar-refractivity contribution in [3.05, 3.63) is 77.2 Å². The van der Waals surface area contributed by atoms with Gasteiger partial charge in [-0.15, -0.1) is 8.78 Å². The lowest BCUT2D eigenvalue weighted by molar-refractivity contribution is -0.121. The van der Waals surface area contributed by atoms with Gasteiger partial charge in [-0.3, -0.25) is 19.7 Å². The van der Waals surface area contributed by atoms with Crippen molar-refractivity contribution in [3.8, 4) is 28.1 Å². The smallest absolute Gasteiger partial charge is 0.420 e. The van der Waals surface area contributed by atoms with Crippen molar-refractivity contribution < 1.29 is 23.1 Å². The lowest BCUT2D eigenvalue weighted by Crippen LogP contribution is -2.36. The number of fused-ring (bicyclic) bond motifs is 5. The third-order valence-electron chi connectivity index (χ3n) is 8.23. The minimum absolute atomic E-state index is 0.0404. The Balaban J connectivity index is 1.29. The van der Waals surface area contributed by atoms with Crippen LogP contribution in [0.15, 0.2) is 54.9 Å². The number of nitrogens with zero attached hydrogens (tertiary/aromatic N) is 2. The third-order valence-corrected chi connectivity index (χ3v) is 8.31. The zero-order valence-electron chi connectivity index (χ0n) is 21.7. The second-order valence-corrected chi connectivity index (χ2v) is 11.2. The van der Waals surface area contributed by atoms with E-state index in [-0.39, 0.29) is 11.7 Å². The molecule has 0 saturated heterocycles. The Hall–Kier alpha value is -4.31. The summed E-state index contributed by atoms with van der Waals surface area (Å²) in [5, 5.41) is 13.2. The second-order valence-electron chi connectivity index (χ2n) is 10.7. The number of pyridine rings is 1. The van der Waals surface area contributed by atoms with Gasteiger partial charge in [0, 0.05) is 64.0 Å². The number of rotatable bonds is 5. The van der Waals surface area contributed by atoms with Crippen LogP contribution in [-0.2, 0) is 16.6 Å². The molecule has 41 heavy (non-hydrogen) atoms. The molecule has 0 radical (unpaired) electrons. The number of aromatic amines is 1. The summed E-state index contributed by atoms with van der Waals surface area (Å²) in [6.07, 6.45) is 8.82. The number of ether oxygens (including phenoxy) is 1. The number of aromatic nitrogens is 3. The average molecular weight is 576 g/mol. The standard InChI is InChI=1S/C30H24ClF2N5O3/c31-30(32,33)41-20-6-4-19(5-7-20)36-27(39)16-10-21(17-11-22-23(34-14-17)13-18-15-35-38-26(18)22)25-24(12-16)37-28(40)29(25)8-2-1-3-9-29/h4-7,10-12,14-15H,1-3,8-9,13H2,(H,35,38)(H,36,39)(H,37,40). The molecule has 2 aromatic carbocycles. The van der Waals surface area contributed by atoms with Crippen LogP contribution in [0.3, 0.4) is 0 Å². The van der Waals surface area contributed by atoms with Crippen molar-refractivity contribution in [2.75, 3.05) is 10.6 Å². The molecule has 4 aromatic rings. The van der Waals surface area contributed by atoms with Crippen LogP contribution >= 0.6 is 11.6 Å². The Kier molecular flexibility index (Phi) is 5.86. The van der Waals surface area contributed by atoms with E-state index < -0.39 is 16.9 Å². The van der Waals surface area contributed by atoms with E-state index in [2.05, 4.69) is 25.6 Å². The van der Waals surface area contributed by atoms with E-state index in [0.717, 1.165) is 71.3 Å². The van der Waals surface area contributed by atoms with Gasteiger partial charge in [0.1, 0.15) is 5.75 Å². The highest BCUT2D eigenvalue weighted by molar-refractivity contribution is 6.20. The highest BCUT2D eigenvalue weighted by Crippen LogP contribution is 2.52. The largest absolute Gasteiger partial charge is 0.487 e. The fourth-order valence-corrected chi connectivity index (χ4v) is 6.48. The molecule has 7 rings (SSSR count). The van der Waals surface area contributed by atoms with Crippen LogP contribution in [-0.4, -0.2) is 32.6 Å². The van der Waals surface area contributed by atoms with Crippen LogP contribution in [0.4, 0.5) is 20.2 Å². The predicted octanol–water partition coefficient (Wildman–Crippen LogP) is 6.62. The summed E-state index contributed by atoms with van der Waals surface area (Å²) < 4.78 is 30.2. The summed E-state index contributed by atoms with van der Waals surface area (Å²) in [5.74, 6) is -0.609. The predicted molar refractivity (Wildman–Crippen MR) is 149 cm³/mol. The fourth-order valence-electron chi connectivity index (χ4n) is 6.40. The number of halogens is 3. The van der Waals surface area contributed by atoms with Gasteiger partial charge in [0.25, 0.3) is 5.91 Å². The molecule has 3 heterocycles. The minimum atomic E-state index is -3.84. The molecule has 8 nitrogen and oxygen atoms in total. The van der Waals surface area contributed by atoms with Gasteiger partial charge in [0.15, 0.2) is 0 Å². The molecule has 2 amide bonds. The molecule has 3 N–H and O–H groups in total. The number of hydrogen-bond acceptors (Lipinski definition) is 5. The summed E-state index contributed by atoms with van der Waals surface area (Å²) in [4.78, 5) is 31.7. The number of anilines is 2. The van der Waals surface area contributed by atoms with E-state index in [0.29, 0.717) is 23.4 Å². The van der Waals surface area contributed by atoms with Crippen LogP contribution in [0.25, 0.3) is 22.4 Å². The first-order chi connectivity index (χ1) is 19.7. The monoisotopic (exact) mass is 575 g/mol. The van der Waals surface area contributed by atoms with Gasteiger partial charge in [-0.2, -0.15) is 5.10 Å². The van der Waals surface area contributed by atoms with Crippen molar-refractivity contribution in [1.82, 2.24) is 15.2 Å². The third kappa shape index (κ3) is 4.42. The zero-order chi connectivity index (χ0) is 28.4. The summed E-state index contributed by atoms with van der Waals surface area (Å²) in [7, 11) is 0. The molecule has 208 valence electrons. The maximum atomic E-state index is 13.5. The summed E-state index contributed by atoms with van der Waals surface area (Å²) >= 11 is 4.83. The fraction of sp³-hybridized carbons (Fsp3) is 0.267. The maximum Gasteiger partial charge on any atom is 0.487 e. The second kappa shape index (κ2) is 9.37. The Morgan fingerprint density at radius 3 is 2.61 bits per heavy atom. The summed E-state index contributed by atoms with van der Waals surface area (Å²) in [6, 6.07) is 11.0. The number of amides is 2. The van der Waals surface area contributed by atoms with E-state index in [4.69, 9.17) is 16.6 Å². The van der Waals surface area contributed by atoms with E-state index in [1.54, 1.807) is 18.3 Å². The Bertz CT molecular complexity index is 1710. The average Bonchev–Trinajstić information content (AvgIpc) is 3.61. The number of alkyl halides is 3. The lowest BCUT2D eigenvalue weighted by atomic mass is 9.68. The zero-order valence-corrected chi connectivity index (χ0v) is 22.4. The maximum absolute atomic E-state index is 13.5. The first-order valence-corrected chi connectivity index (χ1v) is 13.8. The molecule has 0 unspecified atom stereocenters. The van der Waals surface area contributed by atoms with Crippen molar-refractivity contribution >= 4 is 34.8 Å². The van der Waals surface area contributed by atoms with Crippen molar-refractivity contribution in [2.45, 2.75) is 49.5 Å². The Labute approximate surface area is 238 Å². The molecule has 1 fully saturated rings. The van der Waals surface area contributed by atoms with Gasteiger partial charge >= 0.3 is 5.57 Å². The van der Waals surface area contributed by atoms with Gasteiger partial charge in [0.05, 0.1) is 16.8 Å². The Morgan fingerprint density at radius 1 is 1.07 bits per heavy atom. The van der Waals surface area contributed by atoms with E-state index in [1.165, 1.54) is 24.3 Å². The normalized spacial score (nSPS) is 16.6. The van der Waals surface area contributed by atoms with Gasteiger partial charge in [-0.05, 0) is 66.4 Å². The number of carbonyl (C=O) groups is 2. The topological polar surface area (TPSA) is 109 Å². The highest BCUT2D eigenvalue weighted by atomic mass is 35.5. The van der Waals surface area contributed by atoms with Crippen molar-refractivity contribution in [3.63, 3.8) is 0 Å². The molecule has 1 spiro atoms. The molecule has 1 saturated carbocycles. The molecule has 1 aliphatic heterocycles. The molecular formula is C30H24ClF2N5O3. The lowest BCUT2D eigenvalue weighted by Gasteiger charge is -2.33. The quantitative estimate of drug-likeness (QED) is 0.204. The summed E-state index contributed by atoms with van der Waals surface area (Å²) in [5.41, 5.74) is 3.13. The summed E-state index contributed by atoms with van der Waals surface area (Å²) in [6.45, 7) is 0. The highest BCUT2D eigenvalue weighted by Gasteiger charge is 2.49. The van der Waals surface area contributed by atoms with Crippen LogP contribution in [0, 0.1) is 0 Å². The number of hydrogen-bond donors (Lipinski definition) is 3. The number of nitrogens with one attached hydrogen (secondary N) is 3. The van der Waals surface area contributed by atoms with Crippen molar-refractivity contribution in [1.29, 1.82) is 0 Å². The Morgan fingerprint density at radius 2 is 1.85 bits per heavy atom. The first-order valence-electron chi connectivity index (χ1n) is 13.4. The number of benzene rings is 2. The molecule has 2 aliphatic carbocycles. The SMILES string of the molecule is O=C(Nc1ccc(OC(F)(F)Cl)cc1)c1cc2c(c(-c3cnc4c(c3)-c3n[nH]cc3C4)c1)C1(CCCCC1)C(=O)N2. The van der Waals surface area contributed by atoms with Gasteiger partial charge < -0.3 is 15.4 Å². The van der Waals surface area contributed by atoms with E-state index >= 15 is 0 Å². The van der Waals surface area contributed by atoms with Gasteiger partial charge in [-0.25, -0.2) is 0 Å². The van der Waals surface area contributed by atoms with Crippen LogP contribution < -0.4 is 15.4 Å². The molecule has 0 atom stereocenters. The molecule has 2 aromatic heterocycles.